The van der Waals surface area contributed by atoms with E-state index in [1.165, 1.54) is 11.3 Å². The lowest BCUT2D eigenvalue weighted by molar-refractivity contribution is 0.122. The van der Waals surface area contributed by atoms with E-state index >= 15 is 0 Å². The van der Waals surface area contributed by atoms with Crippen molar-refractivity contribution in [2.75, 3.05) is 50.9 Å². The number of benzene rings is 1. The minimum atomic E-state index is 0.236. The molecular weight excluding hydrogens is 352 g/mol. The molecular formula is C22H38N4O2. The van der Waals surface area contributed by atoms with Crippen molar-refractivity contribution in [1.29, 1.82) is 0 Å². The smallest absolute Gasteiger partial charge is 0.191 e. The molecule has 0 amide bonds. The number of ether oxygens (including phenoxy) is 1. The van der Waals surface area contributed by atoms with Crippen LogP contribution >= 0.6 is 0 Å². The maximum Gasteiger partial charge on any atom is 0.191 e. The first kappa shape index (κ1) is 22.5. The summed E-state index contributed by atoms with van der Waals surface area (Å²) in [5.41, 5.74) is 2.49. The van der Waals surface area contributed by atoms with Crippen LogP contribution in [0.3, 0.4) is 0 Å². The van der Waals surface area contributed by atoms with E-state index in [2.05, 4.69) is 60.6 Å². The summed E-state index contributed by atoms with van der Waals surface area (Å²) in [6.45, 7) is 12.5. The Bertz CT molecular complexity index is 586. The second-order valence-electron chi connectivity index (χ2n) is 7.81. The number of nitrogens with one attached hydrogen (secondary N) is 2. The third-order valence-electron chi connectivity index (χ3n) is 5.00. The van der Waals surface area contributed by atoms with Gasteiger partial charge in [0.25, 0.3) is 0 Å². The van der Waals surface area contributed by atoms with E-state index in [1.54, 1.807) is 0 Å². The van der Waals surface area contributed by atoms with Gasteiger partial charge in [0.2, 0.25) is 0 Å². The highest BCUT2D eigenvalue weighted by atomic mass is 16.5. The van der Waals surface area contributed by atoms with Gasteiger partial charge in [-0.1, -0.05) is 32.0 Å². The normalized spacial score (nSPS) is 16.3. The number of anilines is 1. The maximum atomic E-state index is 9.34. The molecule has 1 unspecified atom stereocenters. The minimum Gasteiger partial charge on any atom is -0.396 e. The molecule has 1 saturated heterocycles. The monoisotopic (exact) mass is 390 g/mol. The average Bonchev–Trinajstić information content (AvgIpc) is 2.70. The van der Waals surface area contributed by atoms with Gasteiger partial charge in [0.15, 0.2) is 5.96 Å². The van der Waals surface area contributed by atoms with Gasteiger partial charge < -0.3 is 25.4 Å². The fourth-order valence-corrected chi connectivity index (χ4v) is 3.66. The first-order valence-corrected chi connectivity index (χ1v) is 10.7. The van der Waals surface area contributed by atoms with Crippen LogP contribution in [0, 0.1) is 11.8 Å². The third-order valence-corrected chi connectivity index (χ3v) is 5.00. The van der Waals surface area contributed by atoms with Crippen LogP contribution in [0.1, 0.15) is 39.2 Å². The van der Waals surface area contributed by atoms with Crippen molar-refractivity contribution < 1.29 is 9.84 Å². The molecule has 1 fully saturated rings. The molecule has 2 rings (SSSR count). The van der Waals surface area contributed by atoms with Crippen LogP contribution in [0.4, 0.5) is 5.69 Å². The summed E-state index contributed by atoms with van der Waals surface area (Å²) in [5.74, 6) is 1.92. The van der Waals surface area contributed by atoms with Crippen molar-refractivity contribution in [3.8, 4) is 0 Å². The van der Waals surface area contributed by atoms with Crippen LogP contribution < -0.4 is 15.5 Å². The lowest BCUT2D eigenvalue weighted by atomic mass is 9.94. The van der Waals surface area contributed by atoms with Gasteiger partial charge in [-0.25, -0.2) is 4.99 Å². The van der Waals surface area contributed by atoms with Gasteiger partial charge in [-0.05, 0) is 43.2 Å². The summed E-state index contributed by atoms with van der Waals surface area (Å²) in [6, 6.07) is 8.50. The summed E-state index contributed by atoms with van der Waals surface area (Å²) in [7, 11) is 0. The van der Waals surface area contributed by atoms with E-state index in [1.807, 2.05) is 0 Å². The van der Waals surface area contributed by atoms with Crippen LogP contribution in [-0.2, 0) is 11.3 Å². The SMILES string of the molecule is CCNC(=NCc1ccccc1N1CCOCC1)NCC(CCO)CC(C)C. The quantitative estimate of drug-likeness (QED) is 0.423. The van der Waals surface area contributed by atoms with Crippen molar-refractivity contribution >= 4 is 11.6 Å². The van der Waals surface area contributed by atoms with E-state index in [9.17, 15) is 5.11 Å². The van der Waals surface area contributed by atoms with Gasteiger partial charge >= 0.3 is 0 Å². The lowest BCUT2D eigenvalue weighted by Gasteiger charge is -2.30. The van der Waals surface area contributed by atoms with Gasteiger partial charge in [0, 0.05) is 38.5 Å². The van der Waals surface area contributed by atoms with Crippen molar-refractivity contribution in [3.63, 3.8) is 0 Å². The fourth-order valence-electron chi connectivity index (χ4n) is 3.66. The van der Waals surface area contributed by atoms with Gasteiger partial charge in [-0.3, -0.25) is 0 Å². The number of aliphatic hydroxyl groups is 1. The van der Waals surface area contributed by atoms with E-state index in [4.69, 9.17) is 9.73 Å². The van der Waals surface area contributed by atoms with Gasteiger partial charge in [-0.2, -0.15) is 0 Å². The third kappa shape index (κ3) is 7.68. The molecule has 6 nitrogen and oxygen atoms in total. The zero-order valence-corrected chi connectivity index (χ0v) is 17.8. The zero-order valence-electron chi connectivity index (χ0n) is 17.8. The molecule has 0 spiro atoms. The van der Waals surface area contributed by atoms with E-state index in [0.29, 0.717) is 18.4 Å². The van der Waals surface area contributed by atoms with Crippen molar-refractivity contribution in [3.05, 3.63) is 29.8 Å². The number of para-hydroxylation sites is 1. The standard InChI is InChI=1S/C22H38N4O2/c1-4-23-22(24-16-19(9-12-27)15-18(2)3)25-17-20-7-5-6-8-21(20)26-10-13-28-14-11-26/h5-8,18-19,27H,4,9-17H2,1-3H3,(H2,23,24,25). The first-order chi connectivity index (χ1) is 13.6. The molecule has 0 saturated carbocycles. The predicted molar refractivity (Wildman–Crippen MR) is 117 cm³/mol. The molecule has 1 aliphatic heterocycles. The number of nitrogens with zero attached hydrogens (tertiary/aromatic N) is 2. The molecule has 3 N–H and O–H groups in total. The molecule has 0 aromatic heterocycles. The van der Waals surface area contributed by atoms with Crippen LogP contribution in [-0.4, -0.2) is 57.1 Å². The highest BCUT2D eigenvalue weighted by Crippen LogP contribution is 2.22. The summed E-state index contributed by atoms with van der Waals surface area (Å²) in [4.78, 5) is 7.21. The molecule has 0 aliphatic carbocycles. The van der Waals surface area contributed by atoms with Gasteiger partial charge in [0.1, 0.15) is 0 Å². The largest absolute Gasteiger partial charge is 0.396 e. The zero-order chi connectivity index (χ0) is 20.2. The Morgan fingerprint density at radius 2 is 1.96 bits per heavy atom. The number of aliphatic imine (C=N–C) groups is 1. The number of aliphatic hydroxyl groups excluding tert-OH is 1. The molecule has 1 aliphatic rings. The van der Waals surface area contributed by atoms with Gasteiger partial charge in [0.05, 0.1) is 19.8 Å². The summed E-state index contributed by atoms with van der Waals surface area (Å²) >= 11 is 0. The van der Waals surface area contributed by atoms with Crippen LogP contribution in [0.5, 0.6) is 0 Å². The molecule has 1 atom stereocenters. The number of hydrogen-bond donors (Lipinski definition) is 3. The van der Waals surface area contributed by atoms with E-state index < -0.39 is 0 Å². The Morgan fingerprint density at radius 1 is 1.21 bits per heavy atom. The molecule has 1 aromatic carbocycles. The molecule has 0 radical (unpaired) electrons. The van der Waals surface area contributed by atoms with E-state index in [0.717, 1.165) is 58.2 Å². The second-order valence-corrected chi connectivity index (χ2v) is 7.81. The number of morpholine rings is 1. The molecule has 1 heterocycles. The maximum absolute atomic E-state index is 9.34. The lowest BCUT2D eigenvalue weighted by Crippen LogP contribution is -2.40. The van der Waals surface area contributed by atoms with E-state index in [-0.39, 0.29) is 6.61 Å². The molecule has 0 bridgehead atoms. The van der Waals surface area contributed by atoms with Gasteiger partial charge in [-0.15, -0.1) is 0 Å². The Morgan fingerprint density at radius 3 is 2.64 bits per heavy atom. The fraction of sp³-hybridized carbons (Fsp3) is 0.682. The number of rotatable bonds is 10. The Balaban J connectivity index is 2.01. The Kier molecular flexibility index (Phi) is 10.1. The molecule has 28 heavy (non-hydrogen) atoms. The number of hydrogen-bond acceptors (Lipinski definition) is 4. The summed E-state index contributed by atoms with van der Waals surface area (Å²) in [5, 5.41) is 16.2. The molecule has 158 valence electrons. The highest BCUT2D eigenvalue weighted by molar-refractivity contribution is 5.79. The van der Waals surface area contributed by atoms with Crippen molar-refractivity contribution in [2.45, 2.75) is 40.2 Å². The second kappa shape index (κ2) is 12.6. The summed E-state index contributed by atoms with van der Waals surface area (Å²) < 4.78 is 5.49. The molecule has 6 heteroatoms. The Labute approximate surface area is 170 Å². The number of guanidine groups is 1. The van der Waals surface area contributed by atoms with Crippen LogP contribution in [0.15, 0.2) is 29.3 Å². The average molecular weight is 391 g/mol. The Hall–Kier alpha value is -1.79. The van der Waals surface area contributed by atoms with Crippen molar-refractivity contribution in [1.82, 2.24) is 10.6 Å². The highest BCUT2D eigenvalue weighted by Gasteiger charge is 2.15. The summed E-state index contributed by atoms with van der Waals surface area (Å²) in [6.07, 6.45) is 1.93. The molecule has 1 aromatic rings. The van der Waals surface area contributed by atoms with Crippen LogP contribution in [0.25, 0.3) is 0 Å². The topological polar surface area (TPSA) is 69.1 Å². The van der Waals surface area contributed by atoms with Crippen LogP contribution in [0.2, 0.25) is 0 Å². The predicted octanol–water partition coefficient (Wildman–Crippen LogP) is 2.62. The van der Waals surface area contributed by atoms with Crippen molar-refractivity contribution in [2.24, 2.45) is 16.8 Å². The first-order valence-electron chi connectivity index (χ1n) is 10.7. The minimum absolute atomic E-state index is 0.236.